The second-order valence-electron chi connectivity index (χ2n) is 2.53. The second kappa shape index (κ2) is 5.28. The van der Waals surface area contributed by atoms with Crippen LogP contribution in [0.4, 0.5) is 0 Å². The van der Waals surface area contributed by atoms with Crippen LogP contribution in [0, 0.1) is 0 Å². The summed E-state index contributed by atoms with van der Waals surface area (Å²) in [4.78, 5) is 11.4. The molecule has 0 aliphatic heterocycles. The minimum Gasteiger partial charge on any atom is -0.493 e. The predicted molar refractivity (Wildman–Crippen MR) is 56.7 cm³/mol. The lowest BCUT2D eigenvalue weighted by molar-refractivity contribution is 0.0992. The molecule has 0 unspecified atom stereocenters. The van der Waals surface area contributed by atoms with Gasteiger partial charge in [0.1, 0.15) is 5.75 Å². The van der Waals surface area contributed by atoms with Crippen molar-refractivity contribution in [2.45, 2.75) is 6.92 Å². The number of amides is 1. The molecule has 5 heteroatoms. The number of benzene rings is 1. The van der Waals surface area contributed by atoms with Gasteiger partial charge >= 0.3 is 0 Å². The molecule has 14 heavy (non-hydrogen) atoms. The predicted octanol–water partition coefficient (Wildman–Crippen LogP) is 0.958. The van der Waals surface area contributed by atoms with E-state index < -0.39 is 0 Å². The highest BCUT2D eigenvalue weighted by molar-refractivity contribution is 6.06. The van der Waals surface area contributed by atoms with Crippen molar-refractivity contribution in [3.05, 3.63) is 29.8 Å². The lowest BCUT2D eigenvalue weighted by Gasteiger charge is -2.05. The van der Waals surface area contributed by atoms with E-state index in [1.807, 2.05) is 13.0 Å². The van der Waals surface area contributed by atoms with Crippen LogP contribution in [0.25, 0.3) is 0 Å². The minimum absolute atomic E-state index is 0.343. The molecular formula is C9H12N2O2Si. The summed E-state index contributed by atoms with van der Waals surface area (Å²) in [5.74, 6) is 0.220. The summed E-state index contributed by atoms with van der Waals surface area (Å²) < 4.78 is 8.87. The number of carbonyl (C=O) groups excluding carboxylic acids is 1. The molecule has 74 valence electrons. The summed E-state index contributed by atoms with van der Waals surface area (Å²) >= 11 is 0. The molecular weight excluding hydrogens is 196 g/mol. The highest BCUT2D eigenvalue weighted by Gasteiger charge is 2.09. The molecule has 1 rings (SSSR count). The van der Waals surface area contributed by atoms with Crippen molar-refractivity contribution in [2.75, 3.05) is 6.61 Å². The van der Waals surface area contributed by atoms with E-state index in [2.05, 4.69) is 9.89 Å². The highest BCUT2D eigenvalue weighted by atomic mass is 28.2. The van der Waals surface area contributed by atoms with Crippen molar-refractivity contribution in [2.24, 2.45) is 9.89 Å². The first-order valence-corrected chi connectivity index (χ1v) is 5.25. The molecule has 1 aromatic carbocycles. The number of nitrogens with zero attached hydrogens (tertiary/aromatic N) is 2. The van der Waals surface area contributed by atoms with Gasteiger partial charge in [0, 0.05) is 0 Å². The van der Waals surface area contributed by atoms with Gasteiger partial charge in [0.15, 0.2) is 10.4 Å². The van der Waals surface area contributed by atoms with E-state index in [4.69, 9.17) is 4.74 Å². The Kier molecular flexibility index (Phi) is 3.99. The van der Waals surface area contributed by atoms with Gasteiger partial charge in [-0.3, -0.25) is 4.79 Å². The number of hydrogen-bond donors (Lipinski definition) is 0. The molecule has 0 aliphatic rings. The fourth-order valence-corrected chi connectivity index (χ4v) is 1.25. The number of para-hydroxylation sites is 1. The summed E-state index contributed by atoms with van der Waals surface area (Å²) in [5, 5.41) is 3.51. The van der Waals surface area contributed by atoms with Crippen LogP contribution in [-0.4, -0.2) is 22.9 Å². The quantitative estimate of drug-likeness (QED) is 0.548. The van der Waals surface area contributed by atoms with E-state index >= 15 is 0 Å². The van der Waals surface area contributed by atoms with Gasteiger partial charge < -0.3 is 4.74 Å². The Morgan fingerprint density at radius 2 is 2.21 bits per heavy atom. The maximum atomic E-state index is 11.4. The first kappa shape index (κ1) is 10.6. The maximum absolute atomic E-state index is 11.4. The van der Waals surface area contributed by atoms with Gasteiger partial charge in [-0.15, -0.1) is 5.11 Å². The number of hydrogen-bond acceptors (Lipinski definition) is 3. The van der Waals surface area contributed by atoms with Crippen molar-refractivity contribution >= 4 is 16.3 Å². The fraction of sp³-hybridized carbons (Fsp3) is 0.222. The van der Waals surface area contributed by atoms with Crippen LogP contribution in [-0.2, 0) is 0 Å². The van der Waals surface area contributed by atoms with Crippen LogP contribution in [0.2, 0.25) is 0 Å². The third-order valence-corrected chi connectivity index (χ3v) is 1.81. The highest BCUT2D eigenvalue weighted by Crippen LogP contribution is 2.18. The first-order valence-electron chi connectivity index (χ1n) is 4.35. The standard InChI is InChI=1S/C9H12N2O2Si/c1-2-13-8-6-4-3-5-7(8)9(12)10-11-14/h3-6H,2H2,1,14H3. The molecule has 0 radical (unpaired) electrons. The van der Waals surface area contributed by atoms with Gasteiger partial charge in [-0.2, -0.15) is 0 Å². The van der Waals surface area contributed by atoms with E-state index in [-0.39, 0.29) is 5.91 Å². The van der Waals surface area contributed by atoms with E-state index in [1.54, 1.807) is 18.2 Å². The van der Waals surface area contributed by atoms with Crippen LogP contribution in [0.5, 0.6) is 5.75 Å². The normalized spacial score (nSPS) is 10.6. The smallest absolute Gasteiger partial charge is 0.297 e. The van der Waals surface area contributed by atoms with Gasteiger partial charge in [-0.25, -0.2) is 4.78 Å². The Bertz CT molecular complexity index is 352. The van der Waals surface area contributed by atoms with E-state index in [9.17, 15) is 4.79 Å². The van der Waals surface area contributed by atoms with Gasteiger partial charge in [0.05, 0.1) is 12.2 Å². The SMILES string of the molecule is CCOc1ccccc1C(=O)N=N[SiH3]. The van der Waals surface area contributed by atoms with Crippen molar-refractivity contribution in [1.82, 2.24) is 0 Å². The molecule has 0 heterocycles. The molecule has 0 aromatic heterocycles. The molecule has 4 nitrogen and oxygen atoms in total. The molecule has 0 N–H and O–H groups in total. The molecule has 0 aliphatic carbocycles. The summed E-state index contributed by atoms with van der Waals surface area (Å²) in [6.07, 6.45) is 0. The molecule has 0 fully saturated rings. The van der Waals surface area contributed by atoms with Crippen LogP contribution >= 0.6 is 0 Å². The molecule has 0 bridgehead atoms. The number of rotatable bonds is 3. The Hall–Kier alpha value is -1.49. The molecule has 1 amide bonds. The summed E-state index contributed by atoms with van der Waals surface area (Å²) in [5.41, 5.74) is 0.467. The molecule has 0 saturated carbocycles. The van der Waals surface area contributed by atoms with Crippen LogP contribution < -0.4 is 4.74 Å². The summed E-state index contributed by atoms with van der Waals surface area (Å²) in [7, 11) is 0.535. The van der Waals surface area contributed by atoms with Gasteiger partial charge in [-0.05, 0) is 19.1 Å². The zero-order valence-corrected chi connectivity index (χ0v) is 10.2. The molecule has 0 atom stereocenters. The first-order chi connectivity index (χ1) is 6.79. The molecule has 1 aromatic rings. The average Bonchev–Trinajstić information content (AvgIpc) is 2.19. The maximum Gasteiger partial charge on any atom is 0.297 e. The zero-order valence-electron chi connectivity index (χ0n) is 8.23. The van der Waals surface area contributed by atoms with Crippen molar-refractivity contribution < 1.29 is 9.53 Å². The minimum atomic E-state index is -0.343. The van der Waals surface area contributed by atoms with Gasteiger partial charge in [-0.1, -0.05) is 12.1 Å². The van der Waals surface area contributed by atoms with Crippen molar-refractivity contribution in [3.8, 4) is 5.75 Å². The Morgan fingerprint density at radius 3 is 2.86 bits per heavy atom. The third kappa shape index (κ3) is 2.50. The topological polar surface area (TPSA) is 51.0 Å². The third-order valence-electron chi connectivity index (χ3n) is 1.61. The molecule has 0 saturated heterocycles. The van der Waals surface area contributed by atoms with Gasteiger partial charge in [0.25, 0.3) is 5.91 Å². The van der Waals surface area contributed by atoms with E-state index in [0.29, 0.717) is 28.3 Å². The monoisotopic (exact) mass is 208 g/mol. The largest absolute Gasteiger partial charge is 0.493 e. The van der Waals surface area contributed by atoms with Crippen LogP contribution in [0.3, 0.4) is 0 Å². The van der Waals surface area contributed by atoms with Crippen molar-refractivity contribution in [3.63, 3.8) is 0 Å². The van der Waals surface area contributed by atoms with Gasteiger partial charge in [0.2, 0.25) is 0 Å². The number of carbonyl (C=O) groups is 1. The lowest BCUT2D eigenvalue weighted by atomic mass is 10.2. The fourth-order valence-electron chi connectivity index (χ4n) is 1.07. The van der Waals surface area contributed by atoms with E-state index in [0.717, 1.165) is 0 Å². The Morgan fingerprint density at radius 1 is 1.50 bits per heavy atom. The van der Waals surface area contributed by atoms with Crippen LogP contribution in [0.1, 0.15) is 17.3 Å². The van der Waals surface area contributed by atoms with Crippen molar-refractivity contribution in [1.29, 1.82) is 0 Å². The van der Waals surface area contributed by atoms with Crippen LogP contribution in [0.15, 0.2) is 34.2 Å². The number of ether oxygens (including phenoxy) is 1. The lowest BCUT2D eigenvalue weighted by Crippen LogP contribution is -2.00. The average molecular weight is 208 g/mol. The zero-order chi connectivity index (χ0) is 10.4. The Balaban J connectivity index is 3.00. The molecule has 0 spiro atoms. The summed E-state index contributed by atoms with van der Waals surface area (Å²) in [6, 6.07) is 7.03. The second-order valence-corrected chi connectivity index (χ2v) is 2.93. The Labute approximate surface area is 85.5 Å². The summed E-state index contributed by atoms with van der Waals surface area (Å²) in [6.45, 7) is 2.40. The van der Waals surface area contributed by atoms with E-state index in [1.165, 1.54) is 0 Å².